The second-order valence-electron chi connectivity index (χ2n) is 6.51. The molecule has 0 bridgehead atoms. The van der Waals surface area contributed by atoms with Crippen LogP contribution in [0.3, 0.4) is 0 Å². The van der Waals surface area contributed by atoms with Crippen molar-refractivity contribution >= 4 is 18.3 Å². The number of carbonyl (C=O) groups excluding carboxylic acids is 1. The van der Waals surface area contributed by atoms with E-state index in [4.69, 9.17) is 0 Å². The number of nitrogens with zero attached hydrogens (tertiary/aromatic N) is 1. The van der Waals surface area contributed by atoms with E-state index in [-0.39, 0.29) is 18.3 Å². The molecule has 0 aromatic rings. The van der Waals surface area contributed by atoms with E-state index >= 15 is 0 Å². The molecule has 1 aliphatic carbocycles. The van der Waals surface area contributed by atoms with Crippen molar-refractivity contribution in [2.75, 3.05) is 33.2 Å². The Morgan fingerprint density at radius 1 is 1.10 bits per heavy atom. The van der Waals surface area contributed by atoms with Gasteiger partial charge in [-0.2, -0.15) is 0 Å². The number of nitrogens with one attached hydrogen (secondary N) is 2. The minimum absolute atomic E-state index is 0. The van der Waals surface area contributed by atoms with Crippen LogP contribution in [0.2, 0.25) is 0 Å². The molecule has 1 amide bonds. The smallest absolute Gasteiger partial charge is 0.234 e. The van der Waals surface area contributed by atoms with Crippen molar-refractivity contribution in [3.05, 3.63) is 0 Å². The van der Waals surface area contributed by atoms with E-state index in [0.717, 1.165) is 25.6 Å². The van der Waals surface area contributed by atoms with Gasteiger partial charge in [-0.25, -0.2) is 0 Å². The number of amides is 1. The number of hydrogen-bond donors (Lipinski definition) is 2. The third kappa shape index (κ3) is 6.98. The lowest BCUT2D eigenvalue weighted by atomic mass is 9.93. The van der Waals surface area contributed by atoms with E-state index in [2.05, 4.69) is 15.5 Å². The molecular weight excluding hydrogens is 286 g/mol. The Morgan fingerprint density at radius 3 is 2.38 bits per heavy atom. The number of piperidine rings is 1. The Kier molecular flexibility index (Phi) is 9.29. The highest BCUT2D eigenvalue weighted by molar-refractivity contribution is 5.85. The fraction of sp³-hybridized carbons (Fsp3) is 0.938. The Labute approximate surface area is 135 Å². The van der Waals surface area contributed by atoms with Gasteiger partial charge >= 0.3 is 0 Å². The van der Waals surface area contributed by atoms with Gasteiger partial charge in [0.2, 0.25) is 5.91 Å². The first-order chi connectivity index (χ1) is 9.78. The molecule has 2 N–H and O–H groups in total. The van der Waals surface area contributed by atoms with Crippen LogP contribution in [0.25, 0.3) is 0 Å². The minimum atomic E-state index is 0. The Balaban J connectivity index is 0.00000220. The van der Waals surface area contributed by atoms with Crippen LogP contribution in [0.1, 0.15) is 51.4 Å². The molecule has 1 aliphatic heterocycles. The fourth-order valence-electron chi connectivity index (χ4n) is 3.51. The molecule has 4 nitrogen and oxygen atoms in total. The molecule has 124 valence electrons. The van der Waals surface area contributed by atoms with Gasteiger partial charge < -0.3 is 10.6 Å². The topological polar surface area (TPSA) is 44.4 Å². The van der Waals surface area contributed by atoms with Crippen LogP contribution in [0.5, 0.6) is 0 Å². The second-order valence-corrected chi connectivity index (χ2v) is 6.51. The van der Waals surface area contributed by atoms with Gasteiger partial charge in [-0.1, -0.05) is 19.3 Å². The lowest BCUT2D eigenvalue weighted by molar-refractivity contribution is -0.123. The molecule has 0 unspecified atom stereocenters. The van der Waals surface area contributed by atoms with Crippen LogP contribution in [0, 0.1) is 5.92 Å². The lowest BCUT2D eigenvalue weighted by Gasteiger charge is -2.32. The Hall–Kier alpha value is -0.320. The molecular formula is C16H32ClN3O. The molecule has 1 saturated carbocycles. The van der Waals surface area contributed by atoms with Crippen LogP contribution in [-0.4, -0.2) is 50.1 Å². The normalized spacial score (nSPS) is 21.8. The van der Waals surface area contributed by atoms with E-state index in [0.29, 0.717) is 12.6 Å². The Morgan fingerprint density at radius 2 is 1.76 bits per heavy atom. The summed E-state index contributed by atoms with van der Waals surface area (Å²) in [5.41, 5.74) is 0. The zero-order chi connectivity index (χ0) is 14.2. The number of rotatable bonds is 6. The number of carbonyl (C=O) groups is 1. The lowest BCUT2D eigenvalue weighted by Crippen LogP contribution is -2.45. The van der Waals surface area contributed by atoms with Crippen LogP contribution in [0.4, 0.5) is 0 Å². The van der Waals surface area contributed by atoms with Crippen molar-refractivity contribution in [2.24, 2.45) is 5.92 Å². The number of halogens is 1. The summed E-state index contributed by atoms with van der Waals surface area (Å²) in [4.78, 5) is 14.4. The highest BCUT2D eigenvalue weighted by atomic mass is 35.5. The summed E-state index contributed by atoms with van der Waals surface area (Å²) in [7, 11) is 2.02. The maximum absolute atomic E-state index is 12.1. The van der Waals surface area contributed by atoms with Gasteiger partial charge in [-0.05, 0) is 64.7 Å². The first kappa shape index (κ1) is 18.7. The summed E-state index contributed by atoms with van der Waals surface area (Å²) in [6.45, 7) is 3.90. The summed E-state index contributed by atoms with van der Waals surface area (Å²) in [6.07, 6.45) is 10.0. The molecule has 2 aliphatic rings. The van der Waals surface area contributed by atoms with Crippen LogP contribution < -0.4 is 10.6 Å². The number of likely N-dealkylation sites (tertiary alicyclic amines) is 1. The molecule has 21 heavy (non-hydrogen) atoms. The Bertz CT molecular complexity index is 287. The SMILES string of the molecule is CNCCC1CCN(CC(=O)NC2CCCCC2)CC1.Cl. The maximum atomic E-state index is 12.1. The zero-order valence-electron chi connectivity index (χ0n) is 13.4. The number of hydrogen-bond acceptors (Lipinski definition) is 3. The van der Waals surface area contributed by atoms with Crippen LogP contribution >= 0.6 is 12.4 Å². The molecule has 1 saturated heterocycles. The monoisotopic (exact) mass is 317 g/mol. The molecule has 2 rings (SSSR count). The summed E-state index contributed by atoms with van der Waals surface area (Å²) in [5, 5.41) is 6.45. The molecule has 0 spiro atoms. The molecule has 0 aromatic carbocycles. The molecule has 2 fully saturated rings. The van der Waals surface area contributed by atoms with E-state index in [1.54, 1.807) is 0 Å². The van der Waals surface area contributed by atoms with Crippen LogP contribution in [-0.2, 0) is 4.79 Å². The highest BCUT2D eigenvalue weighted by Crippen LogP contribution is 2.20. The largest absolute Gasteiger partial charge is 0.352 e. The second kappa shape index (κ2) is 10.4. The van der Waals surface area contributed by atoms with Gasteiger partial charge in [-0.3, -0.25) is 9.69 Å². The predicted octanol–water partition coefficient (Wildman–Crippen LogP) is 2.18. The quantitative estimate of drug-likeness (QED) is 0.789. The third-order valence-corrected chi connectivity index (χ3v) is 4.85. The first-order valence-corrected chi connectivity index (χ1v) is 8.44. The van der Waals surface area contributed by atoms with Gasteiger partial charge in [0.1, 0.15) is 0 Å². The van der Waals surface area contributed by atoms with Crippen molar-refractivity contribution in [1.29, 1.82) is 0 Å². The third-order valence-electron chi connectivity index (χ3n) is 4.85. The standard InChI is InChI=1S/C16H31N3O.ClH/c1-17-10-7-14-8-11-19(12-9-14)13-16(20)18-15-5-3-2-4-6-15;/h14-15,17H,2-13H2,1H3,(H,18,20);1H. The van der Waals surface area contributed by atoms with E-state index in [9.17, 15) is 4.79 Å². The average molecular weight is 318 g/mol. The van der Waals surface area contributed by atoms with Gasteiger partial charge in [0, 0.05) is 6.04 Å². The zero-order valence-corrected chi connectivity index (χ0v) is 14.2. The fourth-order valence-corrected chi connectivity index (χ4v) is 3.51. The molecule has 0 atom stereocenters. The first-order valence-electron chi connectivity index (χ1n) is 8.44. The van der Waals surface area contributed by atoms with Crippen molar-refractivity contribution in [1.82, 2.24) is 15.5 Å². The average Bonchev–Trinajstić information content (AvgIpc) is 2.47. The molecule has 0 aromatic heterocycles. The predicted molar refractivity (Wildman–Crippen MR) is 90.0 cm³/mol. The highest BCUT2D eigenvalue weighted by Gasteiger charge is 2.22. The van der Waals surface area contributed by atoms with Gasteiger partial charge in [0.25, 0.3) is 0 Å². The van der Waals surface area contributed by atoms with Gasteiger partial charge in [0.05, 0.1) is 6.54 Å². The summed E-state index contributed by atoms with van der Waals surface area (Å²) in [6, 6.07) is 0.449. The summed E-state index contributed by atoms with van der Waals surface area (Å²) < 4.78 is 0. The minimum Gasteiger partial charge on any atom is -0.352 e. The van der Waals surface area contributed by atoms with Gasteiger partial charge in [-0.15, -0.1) is 12.4 Å². The van der Waals surface area contributed by atoms with Crippen molar-refractivity contribution in [2.45, 2.75) is 57.4 Å². The van der Waals surface area contributed by atoms with Crippen molar-refractivity contribution < 1.29 is 4.79 Å². The summed E-state index contributed by atoms with van der Waals surface area (Å²) >= 11 is 0. The van der Waals surface area contributed by atoms with Gasteiger partial charge in [0.15, 0.2) is 0 Å². The maximum Gasteiger partial charge on any atom is 0.234 e. The van der Waals surface area contributed by atoms with E-state index < -0.39 is 0 Å². The summed E-state index contributed by atoms with van der Waals surface area (Å²) in [5.74, 6) is 1.09. The molecule has 5 heteroatoms. The molecule has 0 radical (unpaired) electrons. The van der Waals surface area contributed by atoms with Crippen LogP contribution in [0.15, 0.2) is 0 Å². The van der Waals surface area contributed by atoms with Crippen molar-refractivity contribution in [3.8, 4) is 0 Å². The van der Waals surface area contributed by atoms with Crippen molar-refractivity contribution in [3.63, 3.8) is 0 Å². The molecule has 1 heterocycles. The van der Waals surface area contributed by atoms with E-state index in [1.807, 2.05) is 7.05 Å². The van der Waals surface area contributed by atoms with E-state index in [1.165, 1.54) is 51.4 Å².